The van der Waals surface area contributed by atoms with E-state index in [0.717, 1.165) is 37.4 Å². The molecule has 156 valence electrons. The molecule has 2 rings (SSSR count). The van der Waals surface area contributed by atoms with Gasteiger partial charge >= 0.3 is 6.03 Å². The van der Waals surface area contributed by atoms with Crippen molar-refractivity contribution in [3.05, 3.63) is 29.8 Å². The SMILES string of the molecule is CCN(CC)CCC(=O)N1CCN(C(=O)NCCc2ccccc2OC)CC1. The zero-order valence-electron chi connectivity index (χ0n) is 17.4. The van der Waals surface area contributed by atoms with Crippen molar-refractivity contribution in [3.8, 4) is 5.75 Å². The van der Waals surface area contributed by atoms with Crippen molar-refractivity contribution in [3.63, 3.8) is 0 Å². The fraction of sp³-hybridized carbons (Fsp3) is 0.619. The first-order valence-electron chi connectivity index (χ1n) is 10.2. The van der Waals surface area contributed by atoms with E-state index in [4.69, 9.17) is 4.74 Å². The molecule has 0 radical (unpaired) electrons. The molecule has 0 aromatic heterocycles. The normalized spacial score (nSPS) is 14.3. The van der Waals surface area contributed by atoms with Gasteiger partial charge < -0.3 is 24.8 Å². The van der Waals surface area contributed by atoms with Crippen LogP contribution in [0.25, 0.3) is 0 Å². The molecule has 1 fully saturated rings. The smallest absolute Gasteiger partial charge is 0.317 e. The summed E-state index contributed by atoms with van der Waals surface area (Å²) >= 11 is 0. The third-order valence-electron chi connectivity index (χ3n) is 5.32. The van der Waals surface area contributed by atoms with Crippen LogP contribution in [0.15, 0.2) is 24.3 Å². The fourth-order valence-electron chi connectivity index (χ4n) is 3.44. The van der Waals surface area contributed by atoms with E-state index < -0.39 is 0 Å². The maximum Gasteiger partial charge on any atom is 0.317 e. The van der Waals surface area contributed by atoms with E-state index in [-0.39, 0.29) is 11.9 Å². The zero-order valence-corrected chi connectivity index (χ0v) is 17.4. The first-order valence-corrected chi connectivity index (χ1v) is 10.2. The number of benzene rings is 1. The molecule has 7 heteroatoms. The van der Waals surface area contributed by atoms with Gasteiger partial charge in [-0.3, -0.25) is 4.79 Å². The topological polar surface area (TPSA) is 65.1 Å². The Morgan fingerprint density at radius 2 is 1.71 bits per heavy atom. The summed E-state index contributed by atoms with van der Waals surface area (Å²) in [7, 11) is 1.65. The van der Waals surface area contributed by atoms with E-state index in [1.807, 2.05) is 29.2 Å². The van der Waals surface area contributed by atoms with E-state index in [9.17, 15) is 9.59 Å². The van der Waals surface area contributed by atoms with Gasteiger partial charge in [-0.15, -0.1) is 0 Å². The van der Waals surface area contributed by atoms with Crippen LogP contribution in [0.3, 0.4) is 0 Å². The number of nitrogens with one attached hydrogen (secondary N) is 1. The summed E-state index contributed by atoms with van der Waals surface area (Å²) in [6, 6.07) is 7.77. The fourth-order valence-corrected chi connectivity index (χ4v) is 3.44. The maximum absolute atomic E-state index is 12.4. The lowest BCUT2D eigenvalue weighted by molar-refractivity contribution is -0.132. The minimum Gasteiger partial charge on any atom is -0.496 e. The molecule has 1 aliphatic heterocycles. The monoisotopic (exact) mass is 390 g/mol. The number of amides is 3. The third-order valence-corrected chi connectivity index (χ3v) is 5.32. The Balaban J connectivity index is 1.69. The molecule has 0 unspecified atom stereocenters. The number of methoxy groups -OCH3 is 1. The van der Waals surface area contributed by atoms with Crippen LogP contribution in [0.2, 0.25) is 0 Å². The van der Waals surface area contributed by atoms with Crippen LogP contribution < -0.4 is 10.1 Å². The zero-order chi connectivity index (χ0) is 20.4. The largest absolute Gasteiger partial charge is 0.496 e. The average Bonchev–Trinajstić information content (AvgIpc) is 2.74. The quantitative estimate of drug-likeness (QED) is 0.699. The second-order valence-corrected chi connectivity index (χ2v) is 6.94. The van der Waals surface area contributed by atoms with Crippen LogP contribution in [-0.4, -0.2) is 86.1 Å². The lowest BCUT2D eigenvalue weighted by Gasteiger charge is -2.35. The second-order valence-electron chi connectivity index (χ2n) is 6.94. The number of carbonyl (C=O) groups excluding carboxylic acids is 2. The molecule has 1 aromatic rings. The van der Waals surface area contributed by atoms with Gasteiger partial charge in [0.1, 0.15) is 5.75 Å². The van der Waals surface area contributed by atoms with Gasteiger partial charge in [-0.1, -0.05) is 32.0 Å². The van der Waals surface area contributed by atoms with Crippen LogP contribution in [-0.2, 0) is 11.2 Å². The molecule has 1 heterocycles. The number of rotatable bonds is 9. The molecule has 1 aliphatic rings. The lowest BCUT2D eigenvalue weighted by atomic mass is 10.1. The van der Waals surface area contributed by atoms with Crippen LogP contribution >= 0.6 is 0 Å². The molecular formula is C21H34N4O3. The van der Waals surface area contributed by atoms with Gasteiger partial charge in [0.2, 0.25) is 5.91 Å². The summed E-state index contributed by atoms with van der Waals surface area (Å²) in [6.07, 6.45) is 1.27. The van der Waals surface area contributed by atoms with Gasteiger partial charge in [0.25, 0.3) is 0 Å². The standard InChI is InChI=1S/C21H34N4O3/c1-4-23(5-2)13-11-20(26)24-14-16-25(17-15-24)21(27)22-12-10-18-8-6-7-9-19(18)28-3/h6-9H,4-5,10-17H2,1-3H3,(H,22,27). The maximum atomic E-state index is 12.4. The predicted molar refractivity (Wildman–Crippen MR) is 111 cm³/mol. The van der Waals surface area contributed by atoms with Crippen molar-refractivity contribution >= 4 is 11.9 Å². The Bertz CT molecular complexity index is 626. The highest BCUT2D eigenvalue weighted by Gasteiger charge is 2.24. The Kier molecular flexibility index (Phi) is 9.07. The van der Waals surface area contributed by atoms with Gasteiger partial charge in [-0.2, -0.15) is 0 Å². The van der Waals surface area contributed by atoms with Crippen molar-refractivity contribution < 1.29 is 14.3 Å². The molecule has 1 aromatic carbocycles. The van der Waals surface area contributed by atoms with Crippen molar-refractivity contribution in [2.75, 3.05) is 59.5 Å². The van der Waals surface area contributed by atoms with Gasteiger partial charge in [0, 0.05) is 45.7 Å². The van der Waals surface area contributed by atoms with Crippen LogP contribution in [0.4, 0.5) is 4.79 Å². The first kappa shape index (κ1) is 22.0. The summed E-state index contributed by atoms with van der Waals surface area (Å²) in [4.78, 5) is 30.7. The summed E-state index contributed by atoms with van der Waals surface area (Å²) in [5, 5.41) is 2.97. The van der Waals surface area contributed by atoms with Crippen LogP contribution in [0, 0.1) is 0 Å². The van der Waals surface area contributed by atoms with E-state index in [0.29, 0.717) is 39.1 Å². The summed E-state index contributed by atoms with van der Waals surface area (Å²) in [6.45, 7) is 9.89. The van der Waals surface area contributed by atoms with Gasteiger partial charge in [0.15, 0.2) is 0 Å². The Morgan fingerprint density at radius 1 is 1.07 bits per heavy atom. The van der Waals surface area contributed by atoms with E-state index in [2.05, 4.69) is 24.1 Å². The van der Waals surface area contributed by atoms with Crippen molar-refractivity contribution in [2.24, 2.45) is 0 Å². The molecular weight excluding hydrogens is 356 g/mol. The molecule has 7 nitrogen and oxygen atoms in total. The molecule has 28 heavy (non-hydrogen) atoms. The number of carbonyl (C=O) groups is 2. The van der Waals surface area contributed by atoms with Gasteiger partial charge in [-0.05, 0) is 31.1 Å². The van der Waals surface area contributed by atoms with Crippen LogP contribution in [0.1, 0.15) is 25.8 Å². The van der Waals surface area contributed by atoms with Crippen molar-refractivity contribution in [1.29, 1.82) is 0 Å². The molecule has 0 bridgehead atoms. The number of para-hydroxylation sites is 1. The number of hydrogen-bond donors (Lipinski definition) is 1. The molecule has 0 aliphatic carbocycles. The molecule has 0 saturated carbocycles. The number of hydrogen-bond acceptors (Lipinski definition) is 4. The minimum absolute atomic E-state index is 0.0647. The Hall–Kier alpha value is -2.28. The average molecular weight is 391 g/mol. The molecule has 0 atom stereocenters. The predicted octanol–water partition coefficient (Wildman–Crippen LogP) is 1.82. The van der Waals surface area contributed by atoms with E-state index in [1.165, 1.54) is 0 Å². The molecule has 0 spiro atoms. The highest BCUT2D eigenvalue weighted by atomic mass is 16.5. The summed E-state index contributed by atoms with van der Waals surface area (Å²) in [5.74, 6) is 1.02. The van der Waals surface area contributed by atoms with Crippen molar-refractivity contribution in [2.45, 2.75) is 26.7 Å². The molecule has 1 saturated heterocycles. The third kappa shape index (κ3) is 6.41. The van der Waals surface area contributed by atoms with Gasteiger partial charge in [0.05, 0.1) is 7.11 Å². The van der Waals surface area contributed by atoms with Gasteiger partial charge in [-0.25, -0.2) is 4.79 Å². The molecule has 1 N–H and O–H groups in total. The van der Waals surface area contributed by atoms with E-state index in [1.54, 1.807) is 12.0 Å². The highest BCUT2D eigenvalue weighted by molar-refractivity contribution is 5.77. The lowest BCUT2D eigenvalue weighted by Crippen LogP contribution is -2.53. The Labute approximate surface area is 168 Å². The number of nitrogens with zero attached hydrogens (tertiary/aromatic N) is 3. The van der Waals surface area contributed by atoms with Crippen LogP contribution in [0.5, 0.6) is 5.75 Å². The number of ether oxygens (including phenoxy) is 1. The number of urea groups is 1. The number of piperazine rings is 1. The molecule has 3 amide bonds. The second kappa shape index (κ2) is 11.5. The first-order chi connectivity index (χ1) is 13.6. The highest BCUT2D eigenvalue weighted by Crippen LogP contribution is 2.17. The summed E-state index contributed by atoms with van der Waals surface area (Å²) < 4.78 is 5.34. The van der Waals surface area contributed by atoms with Crippen molar-refractivity contribution in [1.82, 2.24) is 20.0 Å². The summed E-state index contributed by atoms with van der Waals surface area (Å²) in [5.41, 5.74) is 1.08. The Morgan fingerprint density at radius 3 is 2.36 bits per heavy atom. The van der Waals surface area contributed by atoms with E-state index >= 15 is 0 Å². The minimum atomic E-state index is -0.0647.